The topological polar surface area (TPSA) is 39.1 Å². The van der Waals surface area contributed by atoms with Gasteiger partial charge in [0, 0.05) is 27.1 Å². The van der Waals surface area contributed by atoms with Crippen molar-refractivity contribution in [3.63, 3.8) is 0 Å². The molecule has 2 heterocycles. The molecule has 0 spiro atoms. The van der Waals surface area contributed by atoms with E-state index < -0.39 is 0 Å². The molecule has 0 saturated heterocycles. The van der Waals surface area contributed by atoms with Gasteiger partial charge < -0.3 is 10.2 Å². The van der Waals surface area contributed by atoms with E-state index in [0.29, 0.717) is 5.57 Å². The van der Waals surface area contributed by atoms with Crippen molar-refractivity contribution in [3.8, 4) is 17.2 Å². The van der Waals surface area contributed by atoms with Crippen LogP contribution in [0.25, 0.3) is 16.8 Å². The van der Waals surface area contributed by atoms with Crippen molar-refractivity contribution in [1.29, 1.82) is 5.26 Å². The van der Waals surface area contributed by atoms with Gasteiger partial charge in [-0.25, -0.2) is 0 Å². The van der Waals surface area contributed by atoms with Crippen LogP contribution >= 0.6 is 11.8 Å². The predicted molar refractivity (Wildman–Crippen MR) is 145 cm³/mol. The van der Waals surface area contributed by atoms with Crippen LogP contribution in [0.15, 0.2) is 125 Å². The normalized spacial score (nSPS) is 16.2. The zero-order valence-corrected chi connectivity index (χ0v) is 20.1. The van der Waals surface area contributed by atoms with E-state index in [2.05, 4.69) is 120 Å². The van der Waals surface area contributed by atoms with Gasteiger partial charge in [0.25, 0.3) is 0 Å². The van der Waals surface area contributed by atoms with Gasteiger partial charge in [-0.05, 0) is 60.5 Å². The summed E-state index contributed by atoms with van der Waals surface area (Å²) in [5.41, 5.74) is 8.62. The molecule has 1 atom stereocenters. The third-order valence-corrected chi connectivity index (χ3v) is 7.46. The Morgan fingerprint density at radius 3 is 1.97 bits per heavy atom. The molecular formula is C31H23N3S. The summed E-state index contributed by atoms with van der Waals surface area (Å²) in [5, 5.41) is 12.8. The first-order chi connectivity index (χ1) is 17.2. The van der Waals surface area contributed by atoms with Crippen molar-refractivity contribution in [3.05, 3.63) is 120 Å². The summed E-state index contributed by atoms with van der Waals surface area (Å²) in [4.78, 5) is 4.88. The van der Waals surface area contributed by atoms with Crippen LogP contribution in [0.2, 0.25) is 0 Å². The van der Waals surface area contributed by atoms with Crippen LogP contribution in [0.5, 0.6) is 0 Å². The molecule has 0 aliphatic carbocycles. The van der Waals surface area contributed by atoms with E-state index in [4.69, 9.17) is 0 Å². The maximum Gasteiger partial charge on any atom is 0.0989 e. The highest BCUT2D eigenvalue weighted by Crippen LogP contribution is 2.52. The summed E-state index contributed by atoms with van der Waals surface area (Å²) in [5.74, 6) is 0. The fraction of sp³-hybridized carbons (Fsp3) is 0.0645. The van der Waals surface area contributed by atoms with E-state index in [1.54, 1.807) is 0 Å². The minimum absolute atomic E-state index is 0.127. The summed E-state index contributed by atoms with van der Waals surface area (Å²) < 4.78 is 0. The Hall–Kier alpha value is -4.20. The van der Waals surface area contributed by atoms with E-state index in [9.17, 15) is 5.26 Å². The molecule has 0 fully saturated rings. The summed E-state index contributed by atoms with van der Waals surface area (Å²) in [6.45, 7) is 2.06. The van der Waals surface area contributed by atoms with Gasteiger partial charge in [-0.15, -0.1) is 0 Å². The quantitative estimate of drug-likeness (QED) is 0.290. The Morgan fingerprint density at radius 1 is 0.743 bits per heavy atom. The Kier molecular flexibility index (Phi) is 5.41. The van der Waals surface area contributed by atoms with Gasteiger partial charge in [-0.1, -0.05) is 78.5 Å². The second kappa shape index (κ2) is 8.87. The number of dihydropyridines is 1. The molecule has 0 bridgehead atoms. The molecule has 4 aromatic carbocycles. The van der Waals surface area contributed by atoms with Crippen LogP contribution < -0.4 is 10.2 Å². The molecule has 1 N–H and O–H groups in total. The fourth-order valence-corrected chi connectivity index (χ4v) is 5.80. The second-order valence-electron chi connectivity index (χ2n) is 8.69. The molecule has 35 heavy (non-hydrogen) atoms. The van der Waals surface area contributed by atoms with Crippen LogP contribution in [-0.2, 0) is 0 Å². The molecular weight excluding hydrogens is 446 g/mol. The molecule has 0 amide bonds. The summed E-state index contributed by atoms with van der Waals surface area (Å²) in [7, 11) is 0. The third kappa shape index (κ3) is 3.90. The molecule has 0 aromatic heterocycles. The third-order valence-electron chi connectivity index (χ3n) is 6.33. The summed E-state index contributed by atoms with van der Waals surface area (Å²) in [6, 6.07) is 36.8. The molecule has 4 aromatic rings. The van der Waals surface area contributed by atoms with E-state index in [1.807, 2.05) is 23.9 Å². The molecule has 2 aliphatic heterocycles. The van der Waals surface area contributed by atoms with Crippen LogP contribution in [0.1, 0.15) is 12.5 Å². The lowest BCUT2D eigenvalue weighted by molar-refractivity contribution is 0.774. The minimum atomic E-state index is 0.127. The second-order valence-corrected chi connectivity index (χ2v) is 9.78. The first-order valence-electron chi connectivity index (χ1n) is 11.7. The maximum atomic E-state index is 9.36. The Balaban J connectivity index is 1.44. The van der Waals surface area contributed by atoms with E-state index in [0.717, 1.165) is 22.5 Å². The molecule has 2 aliphatic rings. The molecule has 168 valence electrons. The van der Waals surface area contributed by atoms with Gasteiger partial charge in [-0.3, -0.25) is 0 Å². The smallest absolute Gasteiger partial charge is 0.0989 e. The average molecular weight is 470 g/mol. The number of hydrogen-bond acceptors (Lipinski definition) is 4. The van der Waals surface area contributed by atoms with Crippen LogP contribution in [0.4, 0.5) is 17.1 Å². The van der Waals surface area contributed by atoms with E-state index in [1.165, 1.54) is 26.7 Å². The predicted octanol–water partition coefficient (Wildman–Crippen LogP) is 8.07. The van der Waals surface area contributed by atoms with Crippen molar-refractivity contribution < 1.29 is 0 Å². The van der Waals surface area contributed by atoms with Crippen LogP contribution in [0.3, 0.4) is 0 Å². The summed E-state index contributed by atoms with van der Waals surface area (Å²) >= 11 is 1.82. The molecule has 3 nitrogen and oxygen atoms in total. The van der Waals surface area contributed by atoms with E-state index >= 15 is 0 Å². The number of fused-ring (bicyclic) bond motifs is 2. The lowest BCUT2D eigenvalue weighted by Crippen LogP contribution is -2.25. The highest BCUT2D eigenvalue weighted by atomic mass is 32.2. The number of rotatable bonds is 3. The highest BCUT2D eigenvalue weighted by Gasteiger charge is 2.26. The zero-order valence-electron chi connectivity index (χ0n) is 19.3. The van der Waals surface area contributed by atoms with Gasteiger partial charge in [0.05, 0.1) is 28.7 Å². The van der Waals surface area contributed by atoms with Crippen molar-refractivity contribution in [2.24, 2.45) is 0 Å². The van der Waals surface area contributed by atoms with Crippen LogP contribution in [0, 0.1) is 11.3 Å². The largest absolute Gasteiger partial charge is 0.379 e. The molecule has 6 rings (SSSR count). The number of para-hydroxylation sites is 3. The van der Waals surface area contributed by atoms with Gasteiger partial charge in [0.2, 0.25) is 0 Å². The molecule has 1 unspecified atom stereocenters. The van der Waals surface area contributed by atoms with Crippen molar-refractivity contribution in [2.75, 3.05) is 4.90 Å². The number of nitrogens with zero attached hydrogens (tertiary/aromatic N) is 2. The van der Waals surface area contributed by atoms with Gasteiger partial charge in [-0.2, -0.15) is 5.26 Å². The lowest BCUT2D eigenvalue weighted by Gasteiger charge is -2.34. The first kappa shape index (κ1) is 21.3. The Morgan fingerprint density at radius 2 is 1.31 bits per heavy atom. The minimum Gasteiger partial charge on any atom is -0.379 e. The van der Waals surface area contributed by atoms with Gasteiger partial charge in [0.15, 0.2) is 0 Å². The maximum absolute atomic E-state index is 9.36. The average Bonchev–Trinajstić information content (AvgIpc) is 2.91. The highest BCUT2D eigenvalue weighted by molar-refractivity contribution is 7.99. The molecule has 0 radical (unpaired) electrons. The number of benzene rings is 4. The summed E-state index contributed by atoms with van der Waals surface area (Å²) in [6.07, 6.45) is 3.86. The standard InChI is InChI=1S/C31H23N3S/c1-21-18-22(20-32)19-26(33-21)24-16-14-23(15-17-24)25-8-2-3-9-27(25)34-28-10-4-6-12-30(28)35-31-13-7-5-11-29(31)34/h2-19,21,33H,1H3. The van der Waals surface area contributed by atoms with Gasteiger partial charge in [0.1, 0.15) is 0 Å². The number of anilines is 3. The van der Waals surface area contributed by atoms with Crippen LogP contribution in [-0.4, -0.2) is 6.04 Å². The molecule has 0 saturated carbocycles. The molecule has 4 heteroatoms. The first-order valence-corrected chi connectivity index (χ1v) is 12.5. The lowest BCUT2D eigenvalue weighted by atomic mass is 9.98. The van der Waals surface area contributed by atoms with Gasteiger partial charge >= 0.3 is 0 Å². The van der Waals surface area contributed by atoms with E-state index in [-0.39, 0.29) is 6.04 Å². The number of allylic oxidation sites excluding steroid dienone is 2. The number of nitrogens with one attached hydrogen (secondary N) is 1. The SMILES string of the molecule is CC1C=C(C#N)C=C(c2ccc(-c3ccccc3N3c4ccccc4Sc4ccccc43)cc2)N1. The number of hydrogen-bond donors (Lipinski definition) is 1. The Labute approximate surface area is 210 Å². The van der Waals surface area contributed by atoms with Crippen molar-refractivity contribution >= 4 is 34.5 Å². The van der Waals surface area contributed by atoms with Crippen molar-refractivity contribution in [2.45, 2.75) is 22.8 Å². The number of nitriles is 1. The van der Waals surface area contributed by atoms with Crippen molar-refractivity contribution in [1.82, 2.24) is 5.32 Å². The fourth-order valence-electron chi connectivity index (χ4n) is 4.74. The zero-order chi connectivity index (χ0) is 23.8. The monoisotopic (exact) mass is 469 g/mol. The Bertz CT molecular complexity index is 1480.